The predicted octanol–water partition coefficient (Wildman–Crippen LogP) is 4.99. The molecule has 0 saturated heterocycles. The van der Waals surface area contributed by atoms with Gasteiger partial charge in [0.05, 0.1) is 22.0 Å². The number of halogens is 4. The van der Waals surface area contributed by atoms with E-state index in [4.69, 9.17) is 4.42 Å². The lowest BCUT2D eigenvalue weighted by Gasteiger charge is -2.07. The number of Topliss-reactive ketones (excluding diaryl/α,β-unsaturated/α-hetero) is 2. The molecule has 0 spiro atoms. The average molecular weight is 403 g/mol. The van der Waals surface area contributed by atoms with E-state index in [2.05, 4.69) is 26.2 Å². The summed E-state index contributed by atoms with van der Waals surface area (Å²) in [6, 6.07) is 4.06. The van der Waals surface area contributed by atoms with Gasteiger partial charge >= 0.3 is 6.18 Å². The van der Waals surface area contributed by atoms with E-state index in [1.807, 2.05) is 0 Å². The van der Waals surface area contributed by atoms with Crippen LogP contribution in [0.25, 0.3) is 0 Å². The number of alkyl halides is 3. The lowest BCUT2D eigenvalue weighted by Crippen LogP contribution is -2.26. The summed E-state index contributed by atoms with van der Waals surface area (Å²) in [5.41, 5.74) is -1.03. The summed E-state index contributed by atoms with van der Waals surface area (Å²) < 4.78 is 43.3. The number of azo groups is 1. The van der Waals surface area contributed by atoms with Crippen molar-refractivity contribution in [3.63, 3.8) is 0 Å². The van der Waals surface area contributed by atoms with Crippen LogP contribution in [0.5, 0.6) is 0 Å². The first kappa shape index (κ1) is 18.1. The molecule has 0 radical (unpaired) electrons. The molecule has 24 heavy (non-hydrogen) atoms. The molecule has 0 N–H and O–H groups in total. The molecule has 2 aromatic rings. The molecule has 0 saturated carbocycles. The quantitative estimate of drug-likeness (QED) is 0.401. The zero-order valence-electron chi connectivity index (χ0n) is 12.2. The number of hydrogen-bond donors (Lipinski definition) is 0. The van der Waals surface area contributed by atoms with Gasteiger partial charge in [0.2, 0.25) is 5.78 Å². The van der Waals surface area contributed by atoms with Crippen LogP contribution in [0, 0.1) is 0 Å². The molecule has 0 aliphatic carbocycles. The van der Waals surface area contributed by atoms with Gasteiger partial charge in [-0.05, 0) is 47.1 Å². The largest absolute Gasteiger partial charge is 0.460 e. The summed E-state index contributed by atoms with van der Waals surface area (Å²) in [5, 5.41) is 7.18. The minimum Gasteiger partial charge on any atom is -0.460 e. The zero-order valence-corrected chi connectivity index (χ0v) is 13.8. The van der Waals surface area contributed by atoms with Crippen molar-refractivity contribution in [3.05, 3.63) is 52.4 Å². The Kier molecular flexibility index (Phi) is 5.33. The van der Waals surface area contributed by atoms with Crippen molar-refractivity contribution in [2.24, 2.45) is 10.2 Å². The molecule has 0 fully saturated rings. The van der Waals surface area contributed by atoms with Gasteiger partial charge in [0, 0.05) is 0 Å². The molecule has 1 aromatic carbocycles. The van der Waals surface area contributed by atoms with Gasteiger partial charge in [0.1, 0.15) is 0 Å². The third-order valence-electron chi connectivity index (χ3n) is 2.94. The standard InChI is InChI=1S/C15H10BrF3N2O3/c1-8(22)12(13(23)14-11(16)5-6-24-14)21-20-10-4-2-3-9(7-10)15(17,18)19/h2-7,12H,1H3. The molecular weight excluding hydrogens is 393 g/mol. The van der Waals surface area contributed by atoms with Crippen molar-refractivity contribution in [2.75, 3.05) is 0 Å². The maximum Gasteiger partial charge on any atom is 0.416 e. The van der Waals surface area contributed by atoms with Gasteiger partial charge in [0.25, 0.3) is 0 Å². The summed E-state index contributed by atoms with van der Waals surface area (Å²) in [6.45, 7) is 1.13. The van der Waals surface area contributed by atoms with Gasteiger partial charge in [0.15, 0.2) is 17.6 Å². The van der Waals surface area contributed by atoms with Crippen LogP contribution in [0.3, 0.4) is 0 Å². The Hall–Kier alpha value is -2.29. The third-order valence-corrected chi connectivity index (χ3v) is 3.56. The molecule has 126 valence electrons. The number of furan rings is 1. The van der Waals surface area contributed by atoms with E-state index in [9.17, 15) is 22.8 Å². The van der Waals surface area contributed by atoms with E-state index >= 15 is 0 Å². The van der Waals surface area contributed by atoms with E-state index < -0.39 is 29.3 Å². The highest BCUT2D eigenvalue weighted by Gasteiger charge is 2.31. The number of benzene rings is 1. The fourth-order valence-corrected chi connectivity index (χ4v) is 2.18. The Bertz CT molecular complexity index is 799. The number of carbonyl (C=O) groups is 2. The molecule has 1 aromatic heterocycles. The summed E-state index contributed by atoms with van der Waals surface area (Å²) in [7, 11) is 0. The summed E-state index contributed by atoms with van der Waals surface area (Å²) in [6.07, 6.45) is -3.28. The van der Waals surface area contributed by atoms with Gasteiger partial charge in [-0.15, -0.1) is 0 Å². The van der Waals surface area contributed by atoms with Crippen LogP contribution in [0.1, 0.15) is 23.0 Å². The highest BCUT2D eigenvalue weighted by atomic mass is 79.9. The Balaban J connectivity index is 2.29. The highest BCUT2D eigenvalue weighted by molar-refractivity contribution is 9.10. The fraction of sp³-hybridized carbons (Fsp3) is 0.200. The summed E-state index contributed by atoms with van der Waals surface area (Å²) in [5.74, 6) is -1.47. The molecule has 0 bridgehead atoms. The van der Waals surface area contributed by atoms with E-state index in [-0.39, 0.29) is 11.4 Å². The van der Waals surface area contributed by atoms with Crippen molar-refractivity contribution < 1.29 is 27.2 Å². The van der Waals surface area contributed by atoms with Crippen LogP contribution in [-0.4, -0.2) is 17.6 Å². The Labute approximate surface area is 142 Å². The Morgan fingerprint density at radius 1 is 1.25 bits per heavy atom. The third kappa shape index (κ3) is 4.16. The Morgan fingerprint density at radius 3 is 2.50 bits per heavy atom. The van der Waals surface area contributed by atoms with Crippen molar-refractivity contribution in [3.8, 4) is 0 Å². The van der Waals surface area contributed by atoms with Crippen LogP contribution in [0.4, 0.5) is 18.9 Å². The van der Waals surface area contributed by atoms with Crippen molar-refractivity contribution >= 4 is 33.2 Å². The molecule has 0 aliphatic heterocycles. The van der Waals surface area contributed by atoms with Crippen LogP contribution >= 0.6 is 15.9 Å². The molecule has 2 rings (SSSR count). The lowest BCUT2D eigenvalue weighted by molar-refractivity contribution is -0.137. The molecule has 5 nitrogen and oxygen atoms in total. The van der Waals surface area contributed by atoms with Crippen LogP contribution in [-0.2, 0) is 11.0 Å². The second-order valence-electron chi connectivity index (χ2n) is 4.74. The molecule has 1 heterocycles. The molecule has 1 unspecified atom stereocenters. The first-order valence-electron chi connectivity index (χ1n) is 6.56. The number of hydrogen-bond acceptors (Lipinski definition) is 5. The van der Waals surface area contributed by atoms with Gasteiger partial charge in [-0.3, -0.25) is 9.59 Å². The second kappa shape index (κ2) is 7.08. The maximum absolute atomic E-state index is 12.7. The summed E-state index contributed by atoms with van der Waals surface area (Å²) >= 11 is 3.09. The number of ketones is 2. The number of carbonyl (C=O) groups excluding carboxylic acids is 2. The van der Waals surface area contributed by atoms with Crippen LogP contribution < -0.4 is 0 Å². The average Bonchev–Trinajstić information content (AvgIpc) is 2.92. The minimum absolute atomic E-state index is 0.113. The van der Waals surface area contributed by atoms with Crippen molar-refractivity contribution in [1.82, 2.24) is 0 Å². The van der Waals surface area contributed by atoms with E-state index in [0.29, 0.717) is 4.47 Å². The van der Waals surface area contributed by atoms with Crippen molar-refractivity contribution in [1.29, 1.82) is 0 Å². The fourth-order valence-electron chi connectivity index (χ4n) is 1.78. The van der Waals surface area contributed by atoms with Gasteiger partial charge in [-0.1, -0.05) is 6.07 Å². The topological polar surface area (TPSA) is 72.0 Å². The first-order chi connectivity index (χ1) is 11.2. The lowest BCUT2D eigenvalue weighted by atomic mass is 10.1. The van der Waals surface area contributed by atoms with E-state index in [1.165, 1.54) is 18.4 Å². The monoisotopic (exact) mass is 402 g/mol. The SMILES string of the molecule is CC(=O)C(N=Nc1cccc(C(F)(F)F)c1)C(=O)c1occc1Br. The number of rotatable bonds is 5. The molecule has 0 aliphatic rings. The minimum atomic E-state index is -4.53. The highest BCUT2D eigenvalue weighted by Crippen LogP contribution is 2.31. The van der Waals surface area contributed by atoms with Crippen LogP contribution in [0.2, 0.25) is 0 Å². The van der Waals surface area contributed by atoms with Crippen LogP contribution in [0.15, 0.2) is 55.7 Å². The summed E-state index contributed by atoms with van der Waals surface area (Å²) in [4.78, 5) is 23.9. The molecular formula is C15H10BrF3N2O3. The van der Waals surface area contributed by atoms with Crippen molar-refractivity contribution in [2.45, 2.75) is 19.1 Å². The van der Waals surface area contributed by atoms with E-state index in [1.54, 1.807) is 0 Å². The first-order valence-corrected chi connectivity index (χ1v) is 7.35. The zero-order chi connectivity index (χ0) is 17.9. The number of nitrogens with zero attached hydrogens (tertiary/aromatic N) is 2. The second-order valence-corrected chi connectivity index (χ2v) is 5.59. The Morgan fingerprint density at radius 2 is 1.96 bits per heavy atom. The molecule has 1 atom stereocenters. The molecule has 9 heteroatoms. The maximum atomic E-state index is 12.7. The van der Waals surface area contributed by atoms with Gasteiger partial charge in [-0.2, -0.15) is 23.4 Å². The smallest absolute Gasteiger partial charge is 0.416 e. The normalized spacial score (nSPS) is 13.2. The predicted molar refractivity (Wildman–Crippen MR) is 81.2 cm³/mol. The molecule has 0 amide bonds. The van der Waals surface area contributed by atoms with E-state index in [0.717, 1.165) is 25.1 Å². The van der Waals surface area contributed by atoms with Gasteiger partial charge in [-0.25, -0.2) is 0 Å². The van der Waals surface area contributed by atoms with Gasteiger partial charge < -0.3 is 4.42 Å².